The number of terminal acetylenes is 1. The van der Waals surface area contributed by atoms with Crippen molar-refractivity contribution in [1.29, 1.82) is 0 Å². The van der Waals surface area contributed by atoms with Crippen LogP contribution in [-0.4, -0.2) is 30.4 Å². The summed E-state index contributed by atoms with van der Waals surface area (Å²) < 4.78 is 24.4. The monoisotopic (exact) mass is 416 g/mol. The minimum Gasteiger partial charge on any atom is -0.353 e. The van der Waals surface area contributed by atoms with Crippen molar-refractivity contribution >= 4 is 32.6 Å². The molecule has 0 saturated carbocycles. The van der Waals surface area contributed by atoms with Crippen molar-refractivity contribution in [3.63, 3.8) is 0 Å². The topological polar surface area (TPSA) is 84.3 Å². The highest BCUT2D eigenvalue weighted by Gasteiger charge is 2.21. The number of rotatable bonds is 5. The Hall–Kier alpha value is -3.50. The number of nitrogens with zero attached hydrogens (tertiary/aromatic N) is 3. The maximum Gasteiger partial charge on any atom is 0.177 e. The van der Waals surface area contributed by atoms with Crippen molar-refractivity contribution in [3.8, 4) is 12.3 Å². The van der Waals surface area contributed by atoms with E-state index in [1.165, 1.54) is 6.26 Å². The second-order valence-electron chi connectivity index (χ2n) is 7.21. The minimum atomic E-state index is -3.39. The van der Waals surface area contributed by atoms with Gasteiger partial charge in [0.15, 0.2) is 9.84 Å². The van der Waals surface area contributed by atoms with E-state index in [1.807, 2.05) is 25.1 Å². The molecular formula is C23H20N4O2S. The van der Waals surface area contributed by atoms with Gasteiger partial charge in [0.2, 0.25) is 0 Å². The number of para-hydroxylation sites is 1. The molecular weight excluding hydrogens is 396 g/mol. The highest BCUT2D eigenvalue weighted by Crippen LogP contribution is 2.37. The van der Waals surface area contributed by atoms with Gasteiger partial charge in [-0.3, -0.25) is 9.98 Å². The predicted molar refractivity (Wildman–Crippen MR) is 119 cm³/mol. The lowest BCUT2D eigenvalue weighted by Gasteiger charge is -2.14. The first kappa shape index (κ1) is 19.8. The Morgan fingerprint density at radius 2 is 1.87 bits per heavy atom. The Balaban J connectivity index is 1.76. The maximum atomic E-state index is 12.2. The highest BCUT2D eigenvalue weighted by molar-refractivity contribution is 7.90. The maximum absolute atomic E-state index is 12.2. The normalized spacial score (nSPS) is 12.8. The molecule has 0 aliphatic carbocycles. The molecule has 1 aliphatic heterocycles. The fourth-order valence-electron chi connectivity index (χ4n) is 3.44. The number of aliphatic imine (C=N–C) groups is 1. The van der Waals surface area contributed by atoms with Crippen LogP contribution in [0, 0.1) is 12.3 Å². The number of anilines is 2. The third kappa shape index (κ3) is 4.09. The summed E-state index contributed by atoms with van der Waals surface area (Å²) >= 11 is 0. The first-order valence-electron chi connectivity index (χ1n) is 9.39. The van der Waals surface area contributed by atoms with Gasteiger partial charge in [-0.05, 0) is 37.3 Å². The zero-order chi connectivity index (χ0) is 21.3. The van der Waals surface area contributed by atoms with Crippen molar-refractivity contribution in [1.82, 2.24) is 9.97 Å². The van der Waals surface area contributed by atoms with Gasteiger partial charge in [-0.2, -0.15) is 0 Å². The molecule has 6 nitrogen and oxygen atoms in total. The summed E-state index contributed by atoms with van der Waals surface area (Å²) in [5.41, 5.74) is 5.98. The van der Waals surface area contributed by atoms with Crippen LogP contribution in [0.2, 0.25) is 0 Å². The molecule has 0 saturated heterocycles. The number of pyridine rings is 2. The molecule has 0 fully saturated rings. The van der Waals surface area contributed by atoms with E-state index in [0.29, 0.717) is 24.2 Å². The summed E-state index contributed by atoms with van der Waals surface area (Å²) in [4.78, 5) is 14.1. The molecule has 0 bridgehead atoms. The Labute approximate surface area is 176 Å². The molecule has 4 rings (SSSR count). The SMILES string of the molecule is C#Cc1cccc(Cc2cc(Nc3ccccc3S(C)(=O)=O)c3c(n2)CC(C)=N3)n1. The third-order valence-corrected chi connectivity index (χ3v) is 5.87. The Morgan fingerprint density at radius 1 is 1.07 bits per heavy atom. The van der Waals surface area contributed by atoms with Crippen LogP contribution in [0.25, 0.3) is 0 Å². The Kier molecular flexibility index (Phi) is 5.10. The van der Waals surface area contributed by atoms with Crippen LogP contribution >= 0.6 is 0 Å². The fourth-order valence-corrected chi connectivity index (χ4v) is 4.28. The molecule has 1 N–H and O–H groups in total. The van der Waals surface area contributed by atoms with Crippen LogP contribution in [0.5, 0.6) is 0 Å². The summed E-state index contributed by atoms with van der Waals surface area (Å²) in [5, 5.41) is 3.27. The lowest BCUT2D eigenvalue weighted by molar-refractivity contribution is 0.602. The second kappa shape index (κ2) is 7.73. The second-order valence-corrected chi connectivity index (χ2v) is 9.19. The lowest BCUT2D eigenvalue weighted by Crippen LogP contribution is -2.05. The Morgan fingerprint density at radius 3 is 2.63 bits per heavy atom. The summed E-state index contributed by atoms with van der Waals surface area (Å²) in [5.74, 6) is 2.55. The molecule has 7 heteroatoms. The van der Waals surface area contributed by atoms with Gasteiger partial charge in [-0.1, -0.05) is 24.1 Å². The number of benzene rings is 1. The van der Waals surface area contributed by atoms with Crippen LogP contribution in [0.3, 0.4) is 0 Å². The number of fused-ring (bicyclic) bond motifs is 1. The summed E-state index contributed by atoms with van der Waals surface area (Å²) in [7, 11) is -3.39. The van der Waals surface area contributed by atoms with Gasteiger partial charge in [0.25, 0.3) is 0 Å². The van der Waals surface area contributed by atoms with Gasteiger partial charge in [0, 0.05) is 36.2 Å². The minimum absolute atomic E-state index is 0.235. The molecule has 0 amide bonds. The van der Waals surface area contributed by atoms with Crippen LogP contribution in [0.1, 0.15) is 29.7 Å². The van der Waals surface area contributed by atoms with Gasteiger partial charge in [0.05, 0.1) is 22.0 Å². The van der Waals surface area contributed by atoms with Gasteiger partial charge in [-0.25, -0.2) is 13.4 Å². The van der Waals surface area contributed by atoms with E-state index < -0.39 is 9.84 Å². The smallest absolute Gasteiger partial charge is 0.177 e. The van der Waals surface area contributed by atoms with E-state index >= 15 is 0 Å². The first-order valence-corrected chi connectivity index (χ1v) is 11.3. The molecule has 150 valence electrons. The van der Waals surface area contributed by atoms with Crippen molar-refractivity contribution in [2.75, 3.05) is 11.6 Å². The van der Waals surface area contributed by atoms with Gasteiger partial charge in [0.1, 0.15) is 11.4 Å². The van der Waals surface area contributed by atoms with Crippen LogP contribution in [0.15, 0.2) is 58.4 Å². The van der Waals surface area contributed by atoms with Crippen molar-refractivity contribution in [2.45, 2.75) is 24.7 Å². The molecule has 3 aromatic rings. The lowest BCUT2D eigenvalue weighted by atomic mass is 10.1. The molecule has 1 aliphatic rings. The summed E-state index contributed by atoms with van der Waals surface area (Å²) in [6.45, 7) is 1.95. The predicted octanol–water partition coefficient (Wildman–Crippen LogP) is 3.84. The van der Waals surface area contributed by atoms with Crippen LogP contribution in [0.4, 0.5) is 17.1 Å². The van der Waals surface area contributed by atoms with E-state index in [1.54, 1.807) is 30.3 Å². The van der Waals surface area contributed by atoms with Crippen LogP contribution < -0.4 is 5.32 Å². The molecule has 0 radical (unpaired) electrons. The molecule has 30 heavy (non-hydrogen) atoms. The number of hydrogen-bond donors (Lipinski definition) is 1. The fraction of sp³-hybridized carbons (Fsp3) is 0.174. The quantitative estimate of drug-likeness (QED) is 0.639. The van der Waals surface area contributed by atoms with E-state index in [-0.39, 0.29) is 4.90 Å². The summed E-state index contributed by atoms with van der Waals surface area (Å²) in [6, 6.07) is 14.3. The molecule has 0 unspecified atom stereocenters. The highest BCUT2D eigenvalue weighted by atomic mass is 32.2. The third-order valence-electron chi connectivity index (χ3n) is 4.72. The van der Waals surface area contributed by atoms with E-state index in [9.17, 15) is 8.42 Å². The number of sulfone groups is 1. The zero-order valence-electron chi connectivity index (χ0n) is 16.7. The van der Waals surface area contributed by atoms with Gasteiger partial charge >= 0.3 is 0 Å². The van der Waals surface area contributed by atoms with Crippen molar-refractivity contribution in [2.24, 2.45) is 4.99 Å². The van der Waals surface area contributed by atoms with Gasteiger partial charge in [-0.15, -0.1) is 6.42 Å². The van der Waals surface area contributed by atoms with Crippen molar-refractivity contribution in [3.05, 3.63) is 71.3 Å². The number of hydrogen-bond acceptors (Lipinski definition) is 6. The van der Waals surface area contributed by atoms with E-state index in [0.717, 1.165) is 34.2 Å². The zero-order valence-corrected chi connectivity index (χ0v) is 17.5. The number of nitrogens with one attached hydrogen (secondary N) is 1. The molecule has 3 heterocycles. The standard InChI is InChI=1S/C23H20N4O2S/c1-4-16-8-7-9-17(25-16)13-18-14-21(23-20(26-18)12-15(2)24-23)27-19-10-5-6-11-22(19)30(3,28)29/h1,5-11,14H,12-13H2,2-3H3,(H,26,27). The van der Waals surface area contributed by atoms with Crippen molar-refractivity contribution < 1.29 is 8.42 Å². The Bertz CT molecular complexity index is 1320. The average Bonchev–Trinajstić information content (AvgIpc) is 3.08. The van der Waals surface area contributed by atoms with E-state index in [2.05, 4.69) is 21.2 Å². The van der Waals surface area contributed by atoms with E-state index in [4.69, 9.17) is 11.4 Å². The van der Waals surface area contributed by atoms with Crippen LogP contribution in [-0.2, 0) is 22.7 Å². The molecule has 2 aromatic heterocycles. The average molecular weight is 417 g/mol. The van der Waals surface area contributed by atoms with Gasteiger partial charge < -0.3 is 5.32 Å². The molecule has 0 spiro atoms. The number of aromatic nitrogens is 2. The summed E-state index contributed by atoms with van der Waals surface area (Å²) in [6.07, 6.45) is 7.82. The first-order chi connectivity index (χ1) is 14.3. The molecule has 0 atom stereocenters. The largest absolute Gasteiger partial charge is 0.353 e. The molecule has 1 aromatic carbocycles.